The van der Waals surface area contributed by atoms with Gasteiger partial charge in [0.05, 0.1) is 0 Å². The third-order valence-electron chi connectivity index (χ3n) is 1.00. The van der Waals surface area contributed by atoms with Crippen LogP contribution in [0.3, 0.4) is 0 Å². The first-order valence-electron chi connectivity index (χ1n) is 3.00. The van der Waals surface area contributed by atoms with Gasteiger partial charge in [0, 0.05) is 0 Å². The molecule has 0 amide bonds. The monoisotopic (exact) mass is 113 g/mol. The van der Waals surface area contributed by atoms with Crippen molar-refractivity contribution in [3.63, 3.8) is 0 Å². The Morgan fingerprint density at radius 1 is 0.778 bits per heavy atom. The van der Waals surface area contributed by atoms with Crippen molar-refractivity contribution in [2.75, 3.05) is 0 Å². The van der Waals surface area contributed by atoms with Gasteiger partial charge in [0.15, 0.2) is 0 Å². The minimum atomic E-state index is 2.00. The van der Waals surface area contributed by atoms with Crippen LogP contribution in [0.5, 0.6) is 0 Å². The summed E-state index contributed by atoms with van der Waals surface area (Å²) in [4.78, 5) is 0. The van der Waals surface area contributed by atoms with Gasteiger partial charge >= 0.3 is 56.3 Å². The van der Waals surface area contributed by atoms with Gasteiger partial charge in [-0.05, 0) is 0 Å². The Morgan fingerprint density at radius 3 is 2.56 bits per heavy atom. The van der Waals surface area contributed by atoms with Crippen LogP contribution in [-0.4, -0.2) is 19.9 Å². The van der Waals surface area contributed by atoms with Crippen LogP contribution in [-0.2, 0) is 0 Å². The molecule has 0 unspecified atom stereocenters. The number of hydrogen-bond donors (Lipinski definition) is 0. The molecular formula is C7H7B2. The van der Waals surface area contributed by atoms with Crippen LogP contribution in [0.15, 0.2) is 36.4 Å². The Labute approximate surface area is 57.1 Å². The molecule has 0 aromatic rings. The Bertz CT molecular complexity index is 155. The first kappa shape index (κ1) is 6.34. The van der Waals surface area contributed by atoms with Crippen molar-refractivity contribution < 1.29 is 0 Å². The molecule has 0 aromatic carbocycles. The predicted molar refractivity (Wildman–Crippen MR) is 45.0 cm³/mol. The molecule has 0 atom stereocenters. The summed E-state index contributed by atoms with van der Waals surface area (Å²) in [5.41, 5.74) is 0. The van der Waals surface area contributed by atoms with E-state index in [-0.39, 0.29) is 0 Å². The summed E-state index contributed by atoms with van der Waals surface area (Å²) in [5, 5.41) is 0. The standard InChI is InChI=1S/C7H7B2/c1-2-4-6-8-9-7-5-3-1/h1-7H. The molecule has 0 bridgehead atoms. The van der Waals surface area contributed by atoms with E-state index in [1.165, 1.54) is 0 Å². The van der Waals surface area contributed by atoms with Crippen molar-refractivity contribution in [1.82, 2.24) is 0 Å². The first-order chi connectivity index (χ1) is 4.50. The molecule has 0 fully saturated rings. The first-order valence-corrected chi connectivity index (χ1v) is 3.00. The molecule has 0 saturated heterocycles. The van der Waals surface area contributed by atoms with Crippen LogP contribution in [0.4, 0.5) is 0 Å². The average molecular weight is 113 g/mol. The Hall–Kier alpha value is -0.780. The van der Waals surface area contributed by atoms with E-state index in [2.05, 4.69) is 0 Å². The molecule has 9 heavy (non-hydrogen) atoms. The molecule has 0 N–H and O–H groups in total. The van der Waals surface area contributed by atoms with E-state index in [9.17, 15) is 0 Å². The van der Waals surface area contributed by atoms with Gasteiger partial charge in [-0.3, -0.25) is 0 Å². The molecule has 0 aliphatic carbocycles. The fourth-order valence-electron chi connectivity index (χ4n) is 0.577. The quantitative estimate of drug-likeness (QED) is 0.406. The van der Waals surface area contributed by atoms with Crippen molar-refractivity contribution in [2.24, 2.45) is 0 Å². The summed E-state index contributed by atoms with van der Waals surface area (Å²) in [7, 11) is 2.00. The summed E-state index contributed by atoms with van der Waals surface area (Å²) in [6.45, 7) is 2.00. The van der Waals surface area contributed by atoms with Crippen molar-refractivity contribution in [2.45, 2.75) is 0 Å². The van der Waals surface area contributed by atoms with Crippen LogP contribution in [0, 0.1) is 0 Å². The second kappa shape index (κ2) is 4.13. The molecule has 2 heteroatoms. The van der Waals surface area contributed by atoms with Gasteiger partial charge in [-0.2, -0.15) is 0 Å². The van der Waals surface area contributed by atoms with Gasteiger partial charge in [-0.25, -0.2) is 0 Å². The van der Waals surface area contributed by atoms with Crippen LogP contribution < -0.4 is 0 Å². The molecule has 0 spiro atoms. The number of allylic oxidation sites excluding steroid dienone is 5. The van der Waals surface area contributed by atoms with Crippen molar-refractivity contribution in [3.8, 4) is 0 Å². The molecule has 1 heterocycles. The minimum absolute atomic E-state index is 2.00. The van der Waals surface area contributed by atoms with E-state index in [0.717, 1.165) is 0 Å². The Morgan fingerprint density at radius 2 is 1.56 bits per heavy atom. The third kappa shape index (κ3) is 2.91. The maximum atomic E-state index is 2.00. The fourth-order valence-corrected chi connectivity index (χ4v) is 0.577. The molecule has 41 valence electrons. The summed E-state index contributed by atoms with van der Waals surface area (Å²) in [6, 6.07) is 0. The molecule has 1 rings (SSSR count). The van der Waals surface area contributed by atoms with Crippen LogP contribution in [0.1, 0.15) is 0 Å². The van der Waals surface area contributed by atoms with Gasteiger partial charge in [0.2, 0.25) is 0 Å². The van der Waals surface area contributed by atoms with Gasteiger partial charge in [-0.1, -0.05) is 0 Å². The second-order valence-electron chi connectivity index (χ2n) is 1.73. The molecular weight excluding hydrogens is 106 g/mol. The Kier molecular flexibility index (Phi) is 2.91. The molecule has 0 aromatic heterocycles. The number of hydrogen-bond acceptors (Lipinski definition) is 0. The molecule has 0 nitrogen and oxygen atoms in total. The zero-order valence-electron chi connectivity index (χ0n) is 5.20. The summed E-state index contributed by atoms with van der Waals surface area (Å²) >= 11 is 0. The molecule has 1 aliphatic heterocycles. The third-order valence-corrected chi connectivity index (χ3v) is 1.00. The SMILES string of the molecule is [B]1B=CC=CC=CC=C1. The average Bonchev–Trinajstić information content (AvgIpc) is 2.00. The molecule has 1 radical (unpaired) electrons. The number of rotatable bonds is 0. The van der Waals surface area contributed by atoms with Crippen LogP contribution in [0.2, 0.25) is 0 Å². The second-order valence-corrected chi connectivity index (χ2v) is 1.73. The Balaban J connectivity index is 2.60. The predicted octanol–water partition coefficient (Wildman–Crippen LogP) is 0.752. The van der Waals surface area contributed by atoms with Gasteiger partial charge in [0.1, 0.15) is 0 Å². The van der Waals surface area contributed by atoms with Crippen LogP contribution >= 0.6 is 0 Å². The van der Waals surface area contributed by atoms with E-state index >= 15 is 0 Å². The van der Waals surface area contributed by atoms with Crippen LogP contribution in [0.25, 0.3) is 0 Å². The van der Waals surface area contributed by atoms with E-state index in [0.29, 0.717) is 0 Å². The zero-order chi connectivity index (χ0) is 6.36. The summed E-state index contributed by atoms with van der Waals surface area (Å²) < 4.78 is 0. The molecule has 0 saturated carbocycles. The summed E-state index contributed by atoms with van der Waals surface area (Å²) in [5.74, 6) is 4.00. The van der Waals surface area contributed by atoms with E-state index < -0.39 is 0 Å². The normalized spacial score (nSPS) is 15.1. The summed E-state index contributed by atoms with van der Waals surface area (Å²) in [6.07, 6.45) is 10.0. The van der Waals surface area contributed by atoms with Gasteiger partial charge in [-0.15, -0.1) is 0 Å². The van der Waals surface area contributed by atoms with Crippen molar-refractivity contribution >= 4 is 19.9 Å². The van der Waals surface area contributed by atoms with Gasteiger partial charge in [0.25, 0.3) is 0 Å². The van der Waals surface area contributed by atoms with Crippen molar-refractivity contribution in [1.29, 1.82) is 0 Å². The maximum absolute atomic E-state index is 2.00. The topological polar surface area (TPSA) is 0 Å². The molecule has 1 aliphatic rings. The van der Waals surface area contributed by atoms with Crippen molar-refractivity contribution in [3.05, 3.63) is 36.4 Å². The van der Waals surface area contributed by atoms with E-state index in [1.807, 2.05) is 56.3 Å². The fraction of sp³-hybridized carbons (Fsp3) is 0. The van der Waals surface area contributed by atoms with Gasteiger partial charge < -0.3 is 0 Å². The van der Waals surface area contributed by atoms with E-state index in [1.54, 1.807) is 0 Å². The van der Waals surface area contributed by atoms with E-state index in [4.69, 9.17) is 0 Å². The zero-order valence-corrected chi connectivity index (χ0v) is 5.20.